The van der Waals surface area contributed by atoms with Crippen molar-refractivity contribution in [3.8, 4) is 5.75 Å². The van der Waals surface area contributed by atoms with Crippen LogP contribution < -0.4 is 15.8 Å². The highest BCUT2D eigenvalue weighted by atomic mass is 16.5. The second kappa shape index (κ2) is 6.33. The molecule has 2 aromatic carbocycles. The van der Waals surface area contributed by atoms with Gasteiger partial charge in [0, 0.05) is 29.2 Å². The maximum atomic E-state index is 5.92. The summed E-state index contributed by atoms with van der Waals surface area (Å²) >= 11 is 0. The van der Waals surface area contributed by atoms with E-state index < -0.39 is 0 Å². The zero-order chi connectivity index (χ0) is 14.5. The van der Waals surface area contributed by atoms with Crippen LogP contribution in [0.15, 0.2) is 42.5 Å². The van der Waals surface area contributed by atoms with Gasteiger partial charge in [-0.1, -0.05) is 32.0 Å². The van der Waals surface area contributed by atoms with Crippen LogP contribution in [-0.4, -0.2) is 6.61 Å². The van der Waals surface area contributed by atoms with Gasteiger partial charge in [-0.25, -0.2) is 0 Å². The lowest BCUT2D eigenvalue weighted by atomic mass is 10.0. The van der Waals surface area contributed by atoms with E-state index in [9.17, 15) is 0 Å². The largest absolute Gasteiger partial charge is 0.494 e. The van der Waals surface area contributed by atoms with Crippen LogP contribution >= 0.6 is 0 Å². The summed E-state index contributed by atoms with van der Waals surface area (Å²) < 4.78 is 5.52. The van der Waals surface area contributed by atoms with E-state index in [0.717, 1.165) is 17.1 Å². The molecule has 2 rings (SSSR count). The highest BCUT2D eigenvalue weighted by Gasteiger charge is 2.07. The minimum Gasteiger partial charge on any atom is -0.494 e. The van der Waals surface area contributed by atoms with E-state index in [4.69, 9.17) is 10.5 Å². The van der Waals surface area contributed by atoms with E-state index >= 15 is 0 Å². The van der Waals surface area contributed by atoms with Gasteiger partial charge >= 0.3 is 0 Å². The molecular formula is C17H22N2O. The van der Waals surface area contributed by atoms with Crippen molar-refractivity contribution >= 4 is 17.1 Å². The third-order valence-electron chi connectivity index (χ3n) is 3.10. The van der Waals surface area contributed by atoms with Crippen molar-refractivity contribution in [2.75, 3.05) is 17.7 Å². The first-order chi connectivity index (χ1) is 9.60. The van der Waals surface area contributed by atoms with Gasteiger partial charge in [-0.2, -0.15) is 0 Å². The fraction of sp³-hybridized carbons (Fsp3) is 0.294. The van der Waals surface area contributed by atoms with E-state index in [1.165, 1.54) is 5.56 Å². The van der Waals surface area contributed by atoms with Gasteiger partial charge in [-0.15, -0.1) is 0 Å². The third kappa shape index (κ3) is 3.44. The SMILES string of the molecule is CCOc1cc(N)cc(Nc2ccccc2C(C)C)c1. The van der Waals surface area contributed by atoms with Crippen LogP contribution in [0.5, 0.6) is 5.75 Å². The number of nitrogen functional groups attached to an aromatic ring is 1. The first kappa shape index (κ1) is 14.3. The molecule has 0 amide bonds. The fourth-order valence-electron chi connectivity index (χ4n) is 2.21. The van der Waals surface area contributed by atoms with Gasteiger partial charge in [-0.05, 0) is 30.5 Å². The molecule has 0 aliphatic heterocycles. The van der Waals surface area contributed by atoms with Crippen LogP contribution in [0, 0.1) is 0 Å². The minimum atomic E-state index is 0.464. The Labute approximate surface area is 120 Å². The quantitative estimate of drug-likeness (QED) is 0.784. The smallest absolute Gasteiger partial charge is 0.123 e. The van der Waals surface area contributed by atoms with Gasteiger partial charge in [-0.3, -0.25) is 0 Å². The number of ether oxygens (including phenoxy) is 1. The minimum absolute atomic E-state index is 0.464. The van der Waals surface area contributed by atoms with Gasteiger partial charge in [0.2, 0.25) is 0 Å². The topological polar surface area (TPSA) is 47.3 Å². The molecule has 106 valence electrons. The van der Waals surface area contributed by atoms with E-state index in [1.807, 2.05) is 31.2 Å². The Hall–Kier alpha value is -2.16. The fourth-order valence-corrected chi connectivity index (χ4v) is 2.21. The van der Waals surface area contributed by atoms with E-state index in [2.05, 4.69) is 37.4 Å². The maximum Gasteiger partial charge on any atom is 0.123 e. The molecule has 0 aromatic heterocycles. The zero-order valence-electron chi connectivity index (χ0n) is 12.3. The highest BCUT2D eigenvalue weighted by molar-refractivity contribution is 5.68. The number of rotatable bonds is 5. The third-order valence-corrected chi connectivity index (χ3v) is 3.10. The lowest BCUT2D eigenvalue weighted by Gasteiger charge is -2.15. The summed E-state index contributed by atoms with van der Waals surface area (Å²) in [4.78, 5) is 0. The Morgan fingerprint density at radius 1 is 1.15 bits per heavy atom. The lowest BCUT2D eigenvalue weighted by molar-refractivity contribution is 0.340. The number of hydrogen-bond acceptors (Lipinski definition) is 3. The first-order valence-corrected chi connectivity index (χ1v) is 6.99. The lowest BCUT2D eigenvalue weighted by Crippen LogP contribution is -1.99. The van der Waals surface area contributed by atoms with Crippen molar-refractivity contribution in [3.63, 3.8) is 0 Å². The molecule has 0 radical (unpaired) electrons. The van der Waals surface area contributed by atoms with E-state index in [1.54, 1.807) is 0 Å². The Morgan fingerprint density at radius 3 is 2.60 bits per heavy atom. The van der Waals surface area contributed by atoms with Crippen molar-refractivity contribution in [1.29, 1.82) is 0 Å². The van der Waals surface area contributed by atoms with Crippen molar-refractivity contribution in [2.24, 2.45) is 0 Å². The summed E-state index contributed by atoms with van der Waals surface area (Å²) in [6.45, 7) is 6.97. The summed E-state index contributed by atoms with van der Waals surface area (Å²) in [6, 6.07) is 14.0. The number of anilines is 3. The van der Waals surface area contributed by atoms with Crippen molar-refractivity contribution in [1.82, 2.24) is 0 Å². The summed E-state index contributed by atoms with van der Waals surface area (Å²) in [5, 5.41) is 3.43. The van der Waals surface area contributed by atoms with Gasteiger partial charge < -0.3 is 15.8 Å². The van der Waals surface area contributed by atoms with Crippen LogP contribution in [0.25, 0.3) is 0 Å². The standard InChI is InChI=1S/C17H22N2O/c1-4-20-15-10-13(18)9-14(11-15)19-17-8-6-5-7-16(17)12(2)3/h5-12,19H,4,18H2,1-3H3. The molecule has 0 saturated carbocycles. The molecule has 0 fully saturated rings. The number of nitrogens with one attached hydrogen (secondary N) is 1. The van der Waals surface area contributed by atoms with Gasteiger partial charge in [0.05, 0.1) is 6.61 Å². The number of nitrogens with two attached hydrogens (primary N) is 1. The predicted molar refractivity (Wildman–Crippen MR) is 85.8 cm³/mol. The number of benzene rings is 2. The van der Waals surface area contributed by atoms with Crippen LogP contribution in [-0.2, 0) is 0 Å². The molecule has 0 aliphatic carbocycles. The van der Waals surface area contributed by atoms with Crippen molar-refractivity contribution in [3.05, 3.63) is 48.0 Å². The zero-order valence-corrected chi connectivity index (χ0v) is 12.3. The molecule has 0 spiro atoms. The molecule has 3 nitrogen and oxygen atoms in total. The predicted octanol–water partition coefficient (Wildman–Crippen LogP) is 4.53. The second-order valence-electron chi connectivity index (χ2n) is 5.09. The summed E-state index contributed by atoms with van der Waals surface area (Å²) in [7, 11) is 0. The molecular weight excluding hydrogens is 248 g/mol. The molecule has 0 atom stereocenters. The Bertz CT molecular complexity index is 579. The molecule has 3 heteroatoms. The molecule has 0 unspecified atom stereocenters. The van der Waals surface area contributed by atoms with Crippen molar-refractivity contribution in [2.45, 2.75) is 26.7 Å². The molecule has 20 heavy (non-hydrogen) atoms. The first-order valence-electron chi connectivity index (χ1n) is 6.99. The Morgan fingerprint density at radius 2 is 1.90 bits per heavy atom. The van der Waals surface area contributed by atoms with E-state index in [-0.39, 0.29) is 0 Å². The monoisotopic (exact) mass is 270 g/mol. The van der Waals surface area contributed by atoms with Crippen molar-refractivity contribution < 1.29 is 4.74 Å². The summed E-state index contributed by atoms with van der Waals surface area (Å²) in [5.74, 6) is 1.25. The Balaban J connectivity index is 2.30. The number of hydrogen-bond donors (Lipinski definition) is 2. The van der Waals surface area contributed by atoms with E-state index in [0.29, 0.717) is 18.2 Å². The second-order valence-corrected chi connectivity index (χ2v) is 5.09. The van der Waals surface area contributed by atoms with Crippen LogP contribution in [0.4, 0.5) is 17.1 Å². The molecule has 2 aromatic rings. The molecule has 0 aliphatic rings. The van der Waals surface area contributed by atoms with Gasteiger partial charge in [0.25, 0.3) is 0 Å². The highest BCUT2D eigenvalue weighted by Crippen LogP contribution is 2.29. The number of para-hydroxylation sites is 1. The molecule has 0 heterocycles. The van der Waals surface area contributed by atoms with Crippen LogP contribution in [0.1, 0.15) is 32.3 Å². The average molecular weight is 270 g/mol. The normalized spacial score (nSPS) is 10.6. The summed E-state index contributed by atoms with van der Waals surface area (Å²) in [5.41, 5.74) is 9.95. The van der Waals surface area contributed by atoms with Gasteiger partial charge in [0.1, 0.15) is 5.75 Å². The van der Waals surface area contributed by atoms with Gasteiger partial charge in [0.15, 0.2) is 0 Å². The molecule has 0 saturated heterocycles. The maximum absolute atomic E-state index is 5.92. The molecule has 3 N–H and O–H groups in total. The molecule has 0 bridgehead atoms. The van der Waals surface area contributed by atoms with Crippen LogP contribution in [0.2, 0.25) is 0 Å². The average Bonchev–Trinajstić information content (AvgIpc) is 2.38. The summed E-state index contributed by atoms with van der Waals surface area (Å²) in [6.07, 6.45) is 0. The van der Waals surface area contributed by atoms with Crippen LogP contribution in [0.3, 0.4) is 0 Å². The Kier molecular flexibility index (Phi) is 4.51.